The number of rotatable bonds is 8. The first-order valence-corrected chi connectivity index (χ1v) is 6.46. The van der Waals surface area contributed by atoms with Gasteiger partial charge in [-0.05, 0) is 45.3 Å². The van der Waals surface area contributed by atoms with Gasteiger partial charge in [0.05, 0.1) is 0 Å². The smallest absolute Gasteiger partial charge is 0.144 e. The molecule has 4 heteroatoms. The lowest BCUT2D eigenvalue weighted by Crippen LogP contribution is -2.33. The van der Waals surface area contributed by atoms with Gasteiger partial charge in [0.1, 0.15) is 5.84 Å². The van der Waals surface area contributed by atoms with Crippen molar-refractivity contribution in [2.24, 2.45) is 22.2 Å². The normalized spacial score (nSPS) is 13.7. The lowest BCUT2D eigenvalue weighted by molar-refractivity contribution is 0.281. The standard InChI is InChI=1S/C13H29N3O/c1-11(2)7-10-16(5)9-6-8-13(3,4)12(14)15-17/h11,17H,6-10H2,1-5H3,(H2,14,15). The summed E-state index contributed by atoms with van der Waals surface area (Å²) >= 11 is 0. The van der Waals surface area contributed by atoms with E-state index in [1.165, 1.54) is 6.42 Å². The molecule has 0 aliphatic carbocycles. The van der Waals surface area contributed by atoms with Gasteiger partial charge in [0, 0.05) is 5.41 Å². The Balaban J connectivity index is 3.83. The molecule has 17 heavy (non-hydrogen) atoms. The Morgan fingerprint density at radius 3 is 2.41 bits per heavy atom. The summed E-state index contributed by atoms with van der Waals surface area (Å²) in [7, 11) is 2.15. The third-order valence-corrected chi connectivity index (χ3v) is 3.23. The minimum atomic E-state index is -0.215. The molecule has 0 radical (unpaired) electrons. The Kier molecular flexibility index (Phi) is 7.19. The Morgan fingerprint density at radius 2 is 1.94 bits per heavy atom. The van der Waals surface area contributed by atoms with Gasteiger partial charge >= 0.3 is 0 Å². The molecule has 102 valence electrons. The molecule has 4 nitrogen and oxygen atoms in total. The number of amidine groups is 1. The van der Waals surface area contributed by atoms with Crippen molar-refractivity contribution in [3.8, 4) is 0 Å². The molecule has 0 atom stereocenters. The van der Waals surface area contributed by atoms with Crippen LogP contribution in [0.5, 0.6) is 0 Å². The fourth-order valence-electron chi connectivity index (χ4n) is 1.64. The van der Waals surface area contributed by atoms with Crippen LogP contribution in [0.3, 0.4) is 0 Å². The van der Waals surface area contributed by atoms with Crippen molar-refractivity contribution in [2.75, 3.05) is 20.1 Å². The molecule has 0 aromatic rings. The van der Waals surface area contributed by atoms with Gasteiger partial charge in [-0.25, -0.2) is 0 Å². The van der Waals surface area contributed by atoms with Gasteiger partial charge in [-0.2, -0.15) is 0 Å². The van der Waals surface area contributed by atoms with Crippen LogP contribution in [0.2, 0.25) is 0 Å². The van der Waals surface area contributed by atoms with Crippen molar-refractivity contribution in [1.82, 2.24) is 4.90 Å². The highest BCUT2D eigenvalue weighted by Crippen LogP contribution is 2.22. The summed E-state index contributed by atoms with van der Waals surface area (Å²) in [5, 5.41) is 11.8. The first-order chi connectivity index (χ1) is 7.79. The molecule has 0 fully saturated rings. The molecule has 0 rings (SSSR count). The third kappa shape index (κ3) is 7.21. The van der Waals surface area contributed by atoms with Crippen LogP contribution in [-0.2, 0) is 0 Å². The van der Waals surface area contributed by atoms with E-state index >= 15 is 0 Å². The molecule has 0 bridgehead atoms. The number of oxime groups is 1. The quantitative estimate of drug-likeness (QED) is 0.298. The highest BCUT2D eigenvalue weighted by molar-refractivity contribution is 5.85. The molecule has 0 saturated heterocycles. The minimum Gasteiger partial charge on any atom is -0.409 e. The van der Waals surface area contributed by atoms with Crippen LogP contribution >= 0.6 is 0 Å². The van der Waals surface area contributed by atoms with E-state index in [9.17, 15) is 0 Å². The Bertz CT molecular complexity index is 237. The van der Waals surface area contributed by atoms with Crippen molar-refractivity contribution >= 4 is 5.84 Å². The van der Waals surface area contributed by atoms with Gasteiger partial charge in [-0.15, -0.1) is 0 Å². The van der Waals surface area contributed by atoms with Gasteiger partial charge in [-0.3, -0.25) is 0 Å². The largest absolute Gasteiger partial charge is 0.409 e. The van der Waals surface area contributed by atoms with Gasteiger partial charge in [0.2, 0.25) is 0 Å². The molecular formula is C13H29N3O. The molecule has 0 aromatic heterocycles. The predicted octanol–water partition coefficient (Wildman–Crippen LogP) is 2.52. The van der Waals surface area contributed by atoms with Crippen LogP contribution in [0.1, 0.15) is 47.0 Å². The molecule has 0 amide bonds. The molecular weight excluding hydrogens is 214 g/mol. The van der Waals surface area contributed by atoms with Crippen LogP contribution in [0.25, 0.3) is 0 Å². The molecule has 0 aliphatic heterocycles. The maximum atomic E-state index is 8.68. The van der Waals surface area contributed by atoms with E-state index in [4.69, 9.17) is 10.9 Å². The number of hydrogen-bond acceptors (Lipinski definition) is 3. The molecule has 0 aliphatic rings. The number of nitrogens with two attached hydrogens (primary N) is 1. The van der Waals surface area contributed by atoms with Crippen molar-refractivity contribution in [3.63, 3.8) is 0 Å². The van der Waals surface area contributed by atoms with E-state index in [2.05, 4.69) is 31.0 Å². The second-order valence-electron chi connectivity index (χ2n) is 5.96. The average molecular weight is 243 g/mol. The molecule has 0 heterocycles. The summed E-state index contributed by atoms with van der Waals surface area (Å²) in [6.45, 7) is 10.7. The zero-order valence-electron chi connectivity index (χ0n) is 12.0. The molecule has 0 unspecified atom stereocenters. The van der Waals surface area contributed by atoms with E-state index in [0.717, 1.165) is 31.8 Å². The van der Waals surface area contributed by atoms with Gasteiger partial charge < -0.3 is 15.8 Å². The van der Waals surface area contributed by atoms with Crippen molar-refractivity contribution < 1.29 is 5.21 Å². The second kappa shape index (κ2) is 7.54. The van der Waals surface area contributed by atoms with Crippen LogP contribution in [0.4, 0.5) is 0 Å². The van der Waals surface area contributed by atoms with Crippen LogP contribution in [0.15, 0.2) is 5.16 Å². The molecule has 0 spiro atoms. The van der Waals surface area contributed by atoms with Crippen molar-refractivity contribution in [2.45, 2.75) is 47.0 Å². The highest BCUT2D eigenvalue weighted by Gasteiger charge is 2.22. The monoisotopic (exact) mass is 243 g/mol. The number of hydrogen-bond donors (Lipinski definition) is 2. The van der Waals surface area contributed by atoms with Crippen molar-refractivity contribution in [3.05, 3.63) is 0 Å². The van der Waals surface area contributed by atoms with E-state index in [0.29, 0.717) is 5.84 Å². The average Bonchev–Trinajstić information content (AvgIpc) is 2.24. The van der Waals surface area contributed by atoms with E-state index in [1.54, 1.807) is 0 Å². The zero-order chi connectivity index (χ0) is 13.5. The topological polar surface area (TPSA) is 61.8 Å². The SMILES string of the molecule is CC(C)CCN(C)CCCC(C)(C)C(N)=NO. The lowest BCUT2D eigenvalue weighted by Gasteiger charge is -2.24. The van der Waals surface area contributed by atoms with Gasteiger partial charge in [-0.1, -0.05) is 32.9 Å². The number of nitrogens with zero attached hydrogens (tertiary/aromatic N) is 2. The summed E-state index contributed by atoms with van der Waals surface area (Å²) in [5.74, 6) is 1.08. The molecule has 0 saturated carbocycles. The fourth-order valence-corrected chi connectivity index (χ4v) is 1.64. The van der Waals surface area contributed by atoms with E-state index in [1.807, 2.05) is 13.8 Å². The van der Waals surface area contributed by atoms with E-state index < -0.39 is 0 Å². The minimum absolute atomic E-state index is 0.215. The summed E-state index contributed by atoms with van der Waals surface area (Å²) in [4.78, 5) is 2.35. The van der Waals surface area contributed by atoms with Crippen molar-refractivity contribution in [1.29, 1.82) is 0 Å². The Morgan fingerprint density at radius 1 is 1.35 bits per heavy atom. The summed E-state index contributed by atoms with van der Waals surface area (Å²) in [5.41, 5.74) is 5.44. The molecule has 3 N–H and O–H groups in total. The van der Waals surface area contributed by atoms with Crippen LogP contribution in [-0.4, -0.2) is 36.1 Å². The van der Waals surface area contributed by atoms with Crippen LogP contribution in [0, 0.1) is 11.3 Å². The maximum absolute atomic E-state index is 8.68. The van der Waals surface area contributed by atoms with E-state index in [-0.39, 0.29) is 5.41 Å². The molecule has 0 aromatic carbocycles. The summed E-state index contributed by atoms with van der Waals surface area (Å²) < 4.78 is 0. The summed E-state index contributed by atoms with van der Waals surface area (Å²) in [6, 6.07) is 0. The summed E-state index contributed by atoms with van der Waals surface area (Å²) in [6.07, 6.45) is 3.24. The second-order valence-corrected chi connectivity index (χ2v) is 5.96. The fraction of sp³-hybridized carbons (Fsp3) is 0.923. The van der Waals surface area contributed by atoms with Gasteiger partial charge in [0.15, 0.2) is 0 Å². The van der Waals surface area contributed by atoms with Gasteiger partial charge in [0.25, 0.3) is 0 Å². The Labute approximate surface area is 106 Å². The predicted molar refractivity (Wildman–Crippen MR) is 73.4 cm³/mol. The van der Waals surface area contributed by atoms with Crippen LogP contribution < -0.4 is 5.73 Å². The third-order valence-electron chi connectivity index (χ3n) is 3.23. The lowest BCUT2D eigenvalue weighted by atomic mass is 9.86. The highest BCUT2D eigenvalue weighted by atomic mass is 16.4. The zero-order valence-corrected chi connectivity index (χ0v) is 12.0. The first-order valence-electron chi connectivity index (χ1n) is 6.46. The first kappa shape index (κ1) is 16.2. The maximum Gasteiger partial charge on any atom is 0.144 e. The Hall–Kier alpha value is -0.770.